The van der Waals surface area contributed by atoms with Gasteiger partial charge in [0.15, 0.2) is 4.96 Å². The van der Waals surface area contributed by atoms with E-state index in [0.29, 0.717) is 9.49 Å². The molecule has 0 radical (unpaired) electrons. The van der Waals surface area contributed by atoms with E-state index in [1.54, 1.807) is 4.40 Å². The van der Waals surface area contributed by atoms with Crippen LogP contribution in [0, 0.1) is 6.92 Å². The molecule has 0 fully saturated rings. The standard InChI is InChI=1S/C21H14ClN3OS/c1-13-8-9-15(11-16(13)22)24-10-4-5-14(24)12-19-20(26)25-18-7-3-2-6-17(18)23-21(25)27-19/h2-12H,1H3/b19-12-. The number of thiazole rings is 1. The van der Waals surface area contributed by atoms with Gasteiger partial charge < -0.3 is 4.57 Å². The minimum Gasteiger partial charge on any atom is -0.317 e. The molecule has 0 saturated carbocycles. The molecule has 5 rings (SSSR count). The lowest BCUT2D eigenvalue weighted by atomic mass is 10.2. The number of halogens is 1. The van der Waals surface area contributed by atoms with Crippen molar-refractivity contribution in [1.29, 1.82) is 0 Å². The van der Waals surface area contributed by atoms with Gasteiger partial charge in [0.2, 0.25) is 0 Å². The number of para-hydroxylation sites is 2. The molecular formula is C21H14ClN3OS. The second-order valence-corrected chi connectivity index (χ2v) is 7.79. The molecule has 0 N–H and O–H groups in total. The molecule has 4 nitrogen and oxygen atoms in total. The SMILES string of the molecule is Cc1ccc(-n2cccc2/C=c2\sc3nc4ccccc4n3c2=O)cc1Cl. The Hall–Kier alpha value is -2.89. The fourth-order valence-electron chi connectivity index (χ4n) is 3.22. The molecule has 132 valence electrons. The molecule has 0 aliphatic rings. The van der Waals surface area contributed by atoms with Crippen LogP contribution >= 0.6 is 22.9 Å². The number of benzene rings is 2. The maximum atomic E-state index is 12.9. The molecule has 0 spiro atoms. The number of rotatable bonds is 2. The Kier molecular flexibility index (Phi) is 3.67. The Balaban J connectivity index is 1.70. The van der Waals surface area contributed by atoms with Crippen LogP contribution in [0.4, 0.5) is 0 Å². The van der Waals surface area contributed by atoms with Crippen LogP contribution in [0.25, 0.3) is 27.8 Å². The van der Waals surface area contributed by atoms with Crippen LogP contribution < -0.4 is 10.1 Å². The van der Waals surface area contributed by atoms with Crippen LogP contribution in [0.3, 0.4) is 0 Å². The van der Waals surface area contributed by atoms with Gasteiger partial charge >= 0.3 is 0 Å². The molecule has 3 aromatic heterocycles. The first kappa shape index (κ1) is 16.3. The van der Waals surface area contributed by atoms with E-state index in [1.807, 2.05) is 78.4 Å². The van der Waals surface area contributed by atoms with Gasteiger partial charge in [-0.05, 0) is 55.0 Å². The predicted octanol–water partition coefficient (Wildman–Crippen LogP) is 4.21. The third kappa shape index (κ3) is 2.59. The van der Waals surface area contributed by atoms with Crippen molar-refractivity contribution in [2.45, 2.75) is 6.92 Å². The largest absolute Gasteiger partial charge is 0.317 e. The van der Waals surface area contributed by atoms with E-state index >= 15 is 0 Å². The summed E-state index contributed by atoms with van der Waals surface area (Å²) >= 11 is 7.68. The summed E-state index contributed by atoms with van der Waals surface area (Å²) < 4.78 is 4.36. The summed E-state index contributed by atoms with van der Waals surface area (Å²) in [7, 11) is 0. The summed E-state index contributed by atoms with van der Waals surface area (Å²) in [5.74, 6) is 0. The molecule has 0 aliphatic carbocycles. The Morgan fingerprint density at radius 3 is 2.81 bits per heavy atom. The number of aryl methyl sites for hydroxylation is 1. The van der Waals surface area contributed by atoms with E-state index in [0.717, 1.165) is 33.0 Å². The minimum atomic E-state index is -0.0432. The molecule has 2 aromatic carbocycles. The fourth-order valence-corrected chi connectivity index (χ4v) is 4.37. The van der Waals surface area contributed by atoms with Gasteiger partial charge in [-0.2, -0.15) is 0 Å². The number of hydrogen-bond donors (Lipinski definition) is 0. The third-order valence-corrected chi connectivity index (χ3v) is 6.01. The van der Waals surface area contributed by atoms with Crippen LogP contribution in [0.5, 0.6) is 0 Å². The summed E-state index contributed by atoms with van der Waals surface area (Å²) in [5.41, 5.74) is 4.55. The van der Waals surface area contributed by atoms with Crippen molar-refractivity contribution < 1.29 is 0 Å². The van der Waals surface area contributed by atoms with Crippen LogP contribution in [-0.4, -0.2) is 14.0 Å². The molecule has 0 saturated heterocycles. The molecular weight excluding hydrogens is 378 g/mol. The van der Waals surface area contributed by atoms with E-state index in [4.69, 9.17) is 11.6 Å². The number of fused-ring (bicyclic) bond motifs is 3. The van der Waals surface area contributed by atoms with Crippen molar-refractivity contribution in [2.24, 2.45) is 0 Å². The summed E-state index contributed by atoms with van der Waals surface area (Å²) in [4.78, 5) is 18.2. The average molecular weight is 392 g/mol. The van der Waals surface area contributed by atoms with E-state index in [1.165, 1.54) is 11.3 Å². The first-order chi connectivity index (χ1) is 13.1. The zero-order valence-electron chi connectivity index (χ0n) is 14.4. The highest BCUT2D eigenvalue weighted by Gasteiger charge is 2.11. The molecule has 5 aromatic rings. The summed E-state index contributed by atoms with van der Waals surface area (Å²) in [6.45, 7) is 1.98. The van der Waals surface area contributed by atoms with Crippen LogP contribution in [-0.2, 0) is 0 Å². The maximum absolute atomic E-state index is 12.9. The van der Waals surface area contributed by atoms with E-state index in [-0.39, 0.29) is 5.56 Å². The van der Waals surface area contributed by atoms with E-state index in [9.17, 15) is 4.79 Å². The quantitative estimate of drug-likeness (QED) is 0.452. The maximum Gasteiger partial charge on any atom is 0.275 e. The lowest BCUT2D eigenvalue weighted by Crippen LogP contribution is -2.23. The third-order valence-electron chi connectivity index (χ3n) is 4.64. The Bertz CT molecular complexity index is 1430. The minimum absolute atomic E-state index is 0.0432. The molecule has 0 atom stereocenters. The second-order valence-electron chi connectivity index (χ2n) is 6.37. The number of nitrogens with zero attached hydrogens (tertiary/aromatic N) is 3. The highest BCUT2D eigenvalue weighted by molar-refractivity contribution is 7.15. The van der Waals surface area contributed by atoms with Crippen molar-refractivity contribution in [1.82, 2.24) is 14.0 Å². The Morgan fingerprint density at radius 2 is 1.96 bits per heavy atom. The predicted molar refractivity (Wildman–Crippen MR) is 111 cm³/mol. The van der Waals surface area contributed by atoms with Gasteiger partial charge in [0.1, 0.15) is 0 Å². The Morgan fingerprint density at radius 1 is 1.11 bits per heavy atom. The molecule has 0 bridgehead atoms. The van der Waals surface area contributed by atoms with Gasteiger partial charge in [-0.25, -0.2) is 9.38 Å². The van der Waals surface area contributed by atoms with Crippen molar-refractivity contribution in [3.05, 3.63) is 92.0 Å². The average Bonchev–Trinajstić information content (AvgIpc) is 3.34. The van der Waals surface area contributed by atoms with Gasteiger partial charge in [0.05, 0.1) is 15.6 Å². The molecule has 0 aliphatic heterocycles. The molecule has 27 heavy (non-hydrogen) atoms. The van der Waals surface area contributed by atoms with E-state index < -0.39 is 0 Å². The number of imidazole rings is 1. The van der Waals surface area contributed by atoms with Crippen molar-refractivity contribution in [3.63, 3.8) is 0 Å². The Labute approximate surface area is 163 Å². The van der Waals surface area contributed by atoms with Gasteiger partial charge in [0.25, 0.3) is 5.56 Å². The molecule has 3 heterocycles. The van der Waals surface area contributed by atoms with Crippen LogP contribution in [0.15, 0.2) is 65.6 Å². The number of hydrogen-bond acceptors (Lipinski definition) is 3. The first-order valence-electron chi connectivity index (χ1n) is 8.47. The fraction of sp³-hybridized carbons (Fsp3) is 0.0476. The van der Waals surface area contributed by atoms with Gasteiger partial charge in [-0.3, -0.25) is 4.79 Å². The topological polar surface area (TPSA) is 39.3 Å². The molecule has 6 heteroatoms. The summed E-state index contributed by atoms with van der Waals surface area (Å²) in [6, 6.07) is 17.6. The van der Waals surface area contributed by atoms with Crippen molar-refractivity contribution >= 4 is 45.0 Å². The highest BCUT2D eigenvalue weighted by Crippen LogP contribution is 2.21. The van der Waals surface area contributed by atoms with Crippen LogP contribution in [0.1, 0.15) is 11.3 Å². The molecule has 0 unspecified atom stereocenters. The van der Waals surface area contributed by atoms with Crippen LogP contribution in [0.2, 0.25) is 5.02 Å². The summed E-state index contributed by atoms with van der Waals surface area (Å²) in [6.07, 6.45) is 3.87. The monoisotopic (exact) mass is 391 g/mol. The normalized spacial score (nSPS) is 12.4. The lowest BCUT2D eigenvalue weighted by Gasteiger charge is -2.08. The van der Waals surface area contributed by atoms with Gasteiger partial charge in [-0.1, -0.05) is 41.1 Å². The van der Waals surface area contributed by atoms with Gasteiger partial charge in [-0.15, -0.1) is 0 Å². The van der Waals surface area contributed by atoms with Crippen molar-refractivity contribution in [2.75, 3.05) is 0 Å². The van der Waals surface area contributed by atoms with Gasteiger partial charge in [0, 0.05) is 22.6 Å². The lowest BCUT2D eigenvalue weighted by molar-refractivity contribution is 1.06. The second kappa shape index (κ2) is 6.08. The summed E-state index contributed by atoms with van der Waals surface area (Å²) in [5, 5.41) is 0.720. The zero-order chi connectivity index (χ0) is 18.5. The number of aromatic nitrogens is 3. The zero-order valence-corrected chi connectivity index (χ0v) is 16.0. The van der Waals surface area contributed by atoms with E-state index in [2.05, 4.69) is 4.98 Å². The first-order valence-corrected chi connectivity index (χ1v) is 9.67. The highest BCUT2D eigenvalue weighted by atomic mass is 35.5. The molecule has 0 amide bonds. The van der Waals surface area contributed by atoms with Crippen molar-refractivity contribution in [3.8, 4) is 5.69 Å². The smallest absolute Gasteiger partial charge is 0.275 e.